The lowest BCUT2D eigenvalue weighted by atomic mass is 10.0. The van der Waals surface area contributed by atoms with Gasteiger partial charge in [-0.25, -0.2) is 0 Å². The number of anilines is 1. The maximum atomic E-state index is 6.89. The van der Waals surface area contributed by atoms with Crippen molar-refractivity contribution in [1.82, 2.24) is 0 Å². The molecule has 3 unspecified atom stereocenters. The van der Waals surface area contributed by atoms with Gasteiger partial charge in [-0.05, 0) is 60.4 Å². The Kier molecular flexibility index (Phi) is 6.34. The number of halogens is 4. The molecular weight excluding hydrogens is 468 g/mol. The zero-order chi connectivity index (χ0) is 22.3. The molecular formula is C26H23Cl4N. The van der Waals surface area contributed by atoms with Crippen LogP contribution in [0, 0.1) is 5.92 Å². The largest absolute Gasteiger partial charge is 0.359 e. The van der Waals surface area contributed by atoms with Gasteiger partial charge in [0.1, 0.15) is 0 Å². The molecule has 1 N–H and O–H groups in total. The monoisotopic (exact) mass is 489 g/mol. The first-order valence-corrected chi connectivity index (χ1v) is 11.7. The lowest BCUT2D eigenvalue weighted by Crippen LogP contribution is -2.05. The summed E-state index contributed by atoms with van der Waals surface area (Å²) in [6, 6.07) is 19.9. The predicted molar refractivity (Wildman–Crippen MR) is 136 cm³/mol. The molecule has 1 saturated carbocycles. The molecule has 1 aliphatic carbocycles. The van der Waals surface area contributed by atoms with Crippen molar-refractivity contribution in [2.45, 2.75) is 31.1 Å². The fourth-order valence-electron chi connectivity index (χ4n) is 4.39. The molecule has 3 aromatic carbocycles. The van der Waals surface area contributed by atoms with Crippen molar-refractivity contribution in [3.8, 4) is 11.1 Å². The van der Waals surface area contributed by atoms with E-state index in [4.69, 9.17) is 46.4 Å². The second-order valence-electron chi connectivity index (χ2n) is 8.13. The standard InChI is InChI=1S/C26H23Cl4N/c1-4-19-22(28)12-17(13-23(19)29)25-24(26(25,3)30)15(2)31-18-10-11-21(27)20(14-18)16-8-6-5-7-9-16/h5-14,24-25,31H,2,4H2,1,3H3. The topological polar surface area (TPSA) is 12.0 Å². The van der Waals surface area contributed by atoms with Crippen molar-refractivity contribution < 1.29 is 0 Å². The Morgan fingerprint density at radius 3 is 2.23 bits per heavy atom. The molecule has 1 fully saturated rings. The first-order valence-electron chi connectivity index (χ1n) is 10.2. The summed E-state index contributed by atoms with van der Waals surface area (Å²) in [4.78, 5) is -0.459. The van der Waals surface area contributed by atoms with Crippen molar-refractivity contribution in [2.75, 3.05) is 5.32 Å². The van der Waals surface area contributed by atoms with E-state index in [9.17, 15) is 0 Å². The van der Waals surface area contributed by atoms with Crippen LogP contribution in [0.3, 0.4) is 0 Å². The molecule has 0 heterocycles. The Bertz CT molecular complexity index is 1110. The molecule has 5 heteroatoms. The van der Waals surface area contributed by atoms with E-state index in [-0.39, 0.29) is 11.8 Å². The van der Waals surface area contributed by atoms with Crippen LogP contribution >= 0.6 is 46.4 Å². The van der Waals surface area contributed by atoms with Crippen LogP contribution in [0.1, 0.15) is 30.9 Å². The van der Waals surface area contributed by atoms with Gasteiger partial charge in [0.15, 0.2) is 0 Å². The molecule has 4 rings (SSSR count). The van der Waals surface area contributed by atoms with Gasteiger partial charge < -0.3 is 5.32 Å². The Morgan fingerprint density at radius 2 is 1.61 bits per heavy atom. The van der Waals surface area contributed by atoms with Gasteiger partial charge in [0, 0.05) is 43.9 Å². The van der Waals surface area contributed by atoms with Crippen LogP contribution in [0.25, 0.3) is 11.1 Å². The fraction of sp³-hybridized carbons (Fsp3) is 0.231. The van der Waals surface area contributed by atoms with Gasteiger partial charge in [0.25, 0.3) is 0 Å². The number of benzene rings is 3. The lowest BCUT2D eigenvalue weighted by molar-refractivity contribution is 0.899. The van der Waals surface area contributed by atoms with E-state index in [0.717, 1.165) is 40.1 Å². The van der Waals surface area contributed by atoms with Crippen LogP contribution in [0.5, 0.6) is 0 Å². The van der Waals surface area contributed by atoms with Crippen molar-refractivity contribution in [1.29, 1.82) is 0 Å². The molecule has 1 nitrogen and oxygen atoms in total. The Hall–Kier alpha value is -1.64. The summed E-state index contributed by atoms with van der Waals surface area (Å²) >= 11 is 26.3. The third kappa shape index (κ3) is 4.34. The Labute approximate surface area is 204 Å². The highest BCUT2D eigenvalue weighted by Crippen LogP contribution is 2.65. The second kappa shape index (κ2) is 8.71. The van der Waals surface area contributed by atoms with Gasteiger partial charge in [-0.1, -0.05) is 78.6 Å². The maximum absolute atomic E-state index is 6.89. The van der Waals surface area contributed by atoms with Crippen LogP contribution in [-0.4, -0.2) is 4.87 Å². The maximum Gasteiger partial charge on any atom is 0.0582 e. The summed E-state index contributed by atoms with van der Waals surface area (Å²) in [6.45, 7) is 8.37. The molecule has 1 aliphatic rings. The van der Waals surface area contributed by atoms with Crippen LogP contribution in [0.2, 0.25) is 15.1 Å². The molecule has 31 heavy (non-hydrogen) atoms. The van der Waals surface area contributed by atoms with Crippen LogP contribution < -0.4 is 5.32 Å². The summed E-state index contributed by atoms with van der Waals surface area (Å²) in [5.41, 5.74) is 5.81. The van der Waals surface area contributed by atoms with Crippen LogP contribution in [-0.2, 0) is 6.42 Å². The van der Waals surface area contributed by atoms with Gasteiger partial charge >= 0.3 is 0 Å². The SMILES string of the molecule is C=C(Nc1ccc(Cl)c(-c2ccccc2)c1)C1C(c2cc(Cl)c(CC)c(Cl)c2)C1(C)Cl. The quantitative estimate of drug-likeness (QED) is 0.339. The molecule has 3 aromatic rings. The van der Waals surface area contributed by atoms with Crippen molar-refractivity contribution in [3.05, 3.63) is 99.1 Å². The van der Waals surface area contributed by atoms with E-state index in [1.54, 1.807) is 0 Å². The first-order chi connectivity index (χ1) is 14.7. The van der Waals surface area contributed by atoms with E-state index in [2.05, 4.69) is 11.9 Å². The zero-order valence-corrected chi connectivity index (χ0v) is 20.4. The molecule has 0 aromatic heterocycles. The second-order valence-corrected chi connectivity index (χ2v) is 10.2. The number of hydrogen-bond donors (Lipinski definition) is 1. The number of rotatable bonds is 6. The average Bonchev–Trinajstić information content (AvgIpc) is 3.32. The fourth-order valence-corrected chi connectivity index (χ4v) is 5.83. The highest BCUT2D eigenvalue weighted by molar-refractivity contribution is 6.36. The number of hydrogen-bond acceptors (Lipinski definition) is 1. The van der Waals surface area contributed by atoms with Gasteiger partial charge in [-0.15, -0.1) is 11.6 Å². The van der Waals surface area contributed by atoms with Gasteiger partial charge in [-0.2, -0.15) is 0 Å². The van der Waals surface area contributed by atoms with Gasteiger partial charge in [0.2, 0.25) is 0 Å². The zero-order valence-electron chi connectivity index (χ0n) is 17.4. The predicted octanol–water partition coefficient (Wildman–Crippen LogP) is 9.21. The third-order valence-electron chi connectivity index (χ3n) is 6.05. The lowest BCUT2D eigenvalue weighted by Gasteiger charge is -2.13. The van der Waals surface area contributed by atoms with Crippen LogP contribution in [0.15, 0.2) is 72.9 Å². The minimum absolute atomic E-state index is 0.0460. The molecule has 3 atom stereocenters. The average molecular weight is 491 g/mol. The van der Waals surface area contributed by atoms with Crippen molar-refractivity contribution >= 4 is 52.1 Å². The molecule has 160 valence electrons. The summed E-state index contributed by atoms with van der Waals surface area (Å²) in [5.74, 6) is 0.126. The molecule has 0 aliphatic heterocycles. The summed E-state index contributed by atoms with van der Waals surface area (Å²) < 4.78 is 0. The molecule has 0 bridgehead atoms. The smallest absolute Gasteiger partial charge is 0.0582 e. The minimum atomic E-state index is -0.459. The number of alkyl halides is 1. The van der Waals surface area contributed by atoms with Crippen molar-refractivity contribution in [2.24, 2.45) is 5.92 Å². The number of allylic oxidation sites excluding steroid dienone is 1. The van der Waals surface area contributed by atoms with E-state index >= 15 is 0 Å². The Morgan fingerprint density at radius 1 is 0.968 bits per heavy atom. The first kappa shape index (κ1) is 22.6. The van der Waals surface area contributed by atoms with Crippen molar-refractivity contribution in [3.63, 3.8) is 0 Å². The highest BCUT2D eigenvalue weighted by atomic mass is 35.5. The summed E-state index contributed by atoms with van der Waals surface area (Å²) in [5, 5.41) is 5.52. The molecule has 0 radical (unpaired) electrons. The summed E-state index contributed by atoms with van der Waals surface area (Å²) in [6.07, 6.45) is 0.790. The normalized spacial score (nSPS) is 22.3. The van der Waals surface area contributed by atoms with Crippen LogP contribution in [0.4, 0.5) is 5.69 Å². The van der Waals surface area contributed by atoms with E-state index in [1.807, 2.05) is 74.5 Å². The Balaban J connectivity index is 1.57. The van der Waals surface area contributed by atoms with Gasteiger partial charge in [-0.3, -0.25) is 0 Å². The molecule has 0 spiro atoms. The summed E-state index contributed by atoms with van der Waals surface area (Å²) in [7, 11) is 0. The van der Waals surface area contributed by atoms with E-state index in [1.165, 1.54) is 0 Å². The van der Waals surface area contributed by atoms with Gasteiger partial charge in [0.05, 0.1) is 4.87 Å². The molecule has 0 saturated heterocycles. The van der Waals surface area contributed by atoms with E-state index in [0.29, 0.717) is 15.1 Å². The third-order valence-corrected chi connectivity index (χ3v) is 7.52. The van der Waals surface area contributed by atoms with E-state index < -0.39 is 4.87 Å². The molecule has 0 amide bonds. The highest BCUT2D eigenvalue weighted by Gasteiger charge is 2.62. The number of nitrogens with one attached hydrogen (secondary N) is 1. The minimum Gasteiger partial charge on any atom is -0.359 e.